The standard InChI is InChI=1S/C25H22O5.C15H16O5.C10H8O/c1-15(2)22-13-20(27)25-23(29-16(3)26)11-17(12-24(25)30-22)14-28-21-10-6-8-18-7-4-5-9-19(18)21;1-8(2)12-6-11(18)15-13(19-9(3)17)4-10(7-16)5-14(15)20-12;11-10-7-3-5-8-4-1-2-6-9(8)10/h4-13,15H,14H2,1-3H3;4-6,8,16H,7H2,1-3H3;1-7,11H. The number of aromatic hydroxyl groups is 1. The molecule has 0 radical (unpaired) electrons. The number of phenolic OH excluding ortho intramolecular Hbond substituents is 1. The van der Waals surface area contributed by atoms with Crippen molar-refractivity contribution >= 4 is 55.4 Å². The number of ether oxygens (including phenoxy) is 3. The molecule has 0 amide bonds. The number of aliphatic hydroxyl groups excluding tert-OH is 1. The number of hydrogen-bond acceptors (Lipinski definition) is 11. The van der Waals surface area contributed by atoms with E-state index in [1.54, 1.807) is 24.3 Å². The normalized spacial score (nSPS) is 11.0. The number of rotatable bonds is 8. The molecule has 0 saturated carbocycles. The molecule has 0 bridgehead atoms. The van der Waals surface area contributed by atoms with Gasteiger partial charge >= 0.3 is 11.9 Å². The molecule has 8 aromatic rings. The molecule has 2 aromatic heterocycles. The first-order valence-electron chi connectivity index (χ1n) is 19.7. The predicted molar refractivity (Wildman–Crippen MR) is 236 cm³/mol. The van der Waals surface area contributed by atoms with Crippen molar-refractivity contribution in [1.29, 1.82) is 0 Å². The van der Waals surface area contributed by atoms with E-state index in [-0.39, 0.29) is 58.2 Å². The van der Waals surface area contributed by atoms with Crippen LogP contribution >= 0.6 is 0 Å². The van der Waals surface area contributed by atoms with E-state index in [0.717, 1.165) is 32.9 Å². The minimum absolute atomic E-state index is 0.0508. The highest BCUT2D eigenvalue weighted by Crippen LogP contribution is 2.31. The van der Waals surface area contributed by atoms with Crippen LogP contribution in [0, 0.1) is 0 Å². The Hall–Kier alpha value is -7.24. The van der Waals surface area contributed by atoms with Crippen molar-refractivity contribution in [2.24, 2.45) is 0 Å². The molecule has 8 rings (SSSR count). The van der Waals surface area contributed by atoms with Gasteiger partial charge in [-0.3, -0.25) is 19.2 Å². The highest BCUT2D eigenvalue weighted by atomic mass is 16.5. The monoisotopic (exact) mass is 822 g/mol. The van der Waals surface area contributed by atoms with Gasteiger partial charge in [0.2, 0.25) is 0 Å². The van der Waals surface area contributed by atoms with Gasteiger partial charge in [-0.15, -0.1) is 0 Å². The van der Waals surface area contributed by atoms with Gasteiger partial charge in [-0.25, -0.2) is 0 Å². The minimum Gasteiger partial charge on any atom is -0.507 e. The molecule has 0 spiro atoms. The first-order valence-corrected chi connectivity index (χ1v) is 19.7. The Balaban J connectivity index is 0.000000171. The van der Waals surface area contributed by atoms with E-state index >= 15 is 0 Å². The summed E-state index contributed by atoms with van der Waals surface area (Å²) in [6.45, 7) is 10.3. The third kappa shape index (κ3) is 10.5. The van der Waals surface area contributed by atoms with E-state index in [1.807, 2.05) is 107 Å². The van der Waals surface area contributed by atoms with Crippen LogP contribution in [-0.2, 0) is 22.8 Å². The summed E-state index contributed by atoms with van der Waals surface area (Å²) in [6, 6.07) is 36.5. The molecule has 0 aliphatic heterocycles. The van der Waals surface area contributed by atoms with E-state index in [2.05, 4.69) is 0 Å². The lowest BCUT2D eigenvalue weighted by molar-refractivity contribution is -0.132. The molecule has 0 atom stereocenters. The Morgan fingerprint density at radius 1 is 0.574 bits per heavy atom. The van der Waals surface area contributed by atoms with Crippen LogP contribution in [0.2, 0.25) is 0 Å². The fourth-order valence-corrected chi connectivity index (χ4v) is 6.56. The zero-order chi connectivity index (χ0) is 43.8. The van der Waals surface area contributed by atoms with Crippen molar-refractivity contribution in [3.63, 3.8) is 0 Å². The average Bonchev–Trinajstić information content (AvgIpc) is 3.22. The summed E-state index contributed by atoms with van der Waals surface area (Å²) in [4.78, 5) is 47.6. The minimum atomic E-state index is -0.534. The summed E-state index contributed by atoms with van der Waals surface area (Å²) < 4.78 is 28.0. The highest BCUT2D eigenvalue weighted by Gasteiger charge is 2.17. The maximum atomic E-state index is 12.7. The van der Waals surface area contributed by atoms with E-state index in [9.17, 15) is 29.4 Å². The quantitative estimate of drug-likeness (QED) is 0.111. The number of benzene rings is 6. The Morgan fingerprint density at radius 2 is 1.03 bits per heavy atom. The van der Waals surface area contributed by atoms with Gasteiger partial charge in [0.15, 0.2) is 10.9 Å². The summed E-state index contributed by atoms with van der Waals surface area (Å²) in [5.41, 5.74) is 1.42. The van der Waals surface area contributed by atoms with E-state index in [0.29, 0.717) is 34.0 Å². The average molecular weight is 823 g/mol. The van der Waals surface area contributed by atoms with Gasteiger partial charge in [0.25, 0.3) is 0 Å². The topological polar surface area (TPSA) is 163 Å². The molecule has 11 heteroatoms. The van der Waals surface area contributed by atoms with Crippen LogP contribution < -0.4 is 25.1 Å². The van der Waals surface area contributed by atoms with Gasteiger partial charge in [0.05, 0.1) is 6.61 Å². The van der Waals surface area contributed by atoms with Crippen molar-refractivity contribution in [2.75, 3.05) is 0 Å². The Morgan fingerprint density at radius 3 is 1.54 bits per heavy atom. The summed E-state index contributed by atoms with van der Waals surface area (Å²) >= 11 is 0. The SMILES string of the molecule is CC(=O)Oc1cc(CO)cc2oc(C(C)C)cc(=O)c12.CC(=O)Oc1cc(COc2cccc3ccccc23)cc2oc(C(C)C)cc(=O)c12.Oc1cccc2ccccc12. The zero-order valence-electron chi connectivity index (χ0n) is 34.7. The molecular weight excluding hydrogens is 777 g/mol. The second-order valence-electron chi connectivity index (χ2n) is 14.9. The molecule has 0 saturated heterocycles. The summed E-state index contributed by atoms with van der Waals surface area (Å²) in [7, 11) is 0. The third-order valence-electron chi connectivity index (χ3n) is 9.49. The van der Waals surface area contributed by atoms with Crippen LogP contribution in [0.1, 0.15) is 76.0 Å². The first-order chi connectivity index (χ1) is 29.2. The Bertz CT molecular complexity index is 2980. The molecule has 0 fully saturated rings. The number of hydrogen-bond donors (Lipinski definition) is 2. The summed E-state index contributed by atoms with van der Waals surface area (Å²) in [5, 5.41) is 23.2. The maximum absolute atomic E-state index is 12.7. The van der Waals surface area contributed by atoms with Crippen LogP contribution in [-0.4, -0.2) is 22.2 Å². The first kappa shape index (κ1) is 43.3. The molecule has 0 aliphatic carbocycles. The lowest BCUT2D eigenvalue weighted by Gasteiger charge is -2.13. The van der Waals surface area contributed by atoms with Crippen LogP contribution in [0.3, 0.4) is 0 Å². The smallest absolute Gasteiger partial charge is 0.308 e. The second-order valence-corrected chi connectivity index (χ2v) is 14.9. The molecule has 0 unspecified atom stereocenters. The van der Waals surface area contributed by atoms with Gasteiger partial charge in [-0.1, -0.05) is 100 Å². The van der Waals surface area contributed by atoms with E-state index in [1.165, 1.54) is 32.0 Å². The second kappa shape index (κ2) is 19.2. The molecule has 0 aliphatic rings. The molecule has 6 aromatic carbocycles. The van der Waals surface area contributed by atoms with Gasteiger partial charge < -0.3 is 33.3 Å². The molecule has 61 heavy (non-hydrogen) atoms. The number of carbonyl (C=O) groups is 2. The summed E-state index contributed by atoms with van der Waals surface area (Å²) in [6.07, 6.45) is 0. The third-order valence-corrected chi connectivity index (χ3v) is 9.49. The van der Waals surface area contributed by atoms with Gasteiger partial charge in [0.1, 0.15) is 63.1 Å². The van der Waals surface area contributed by atoms with Crippen molar-refractivity contribution in [1.82, 2.24) is 0 Å². The van der Waals surface area contributed by atoms with Gasteiger partial charge in [-0.05, 0) is 58.3 Å². The number of phenols is 1. The number of aliphatic hydroxyl groups is 1. The molecular formula is C50H46O11. The van der Waals surface area contributed by atoms with Crippen LogP contribution in [0.15, 0.2) is 140 Å². The molecule has 11 nitrogen and oxygen atoms in total. The van der Waals surface area contributed by atoms with Gasteiger partial charge in [0, 0.05) is 48.6 Å². The molecule has 2 N–H and O–H groups in total. The zero-order valence-corrected chi connectivity index (χ0v) is 34.7. The van der Waals surface area contributed by atoms with Crippen molar-refractivity contribution < 1.29 is 42.8 Å². The summed E-state index contributed by atoms with van der Waals surface area (Å²) in [5.74, 6) is 1.59. The Kier molecular flexibility index (Phi) is 13.7. The van der Waals surface area contributed by atoms with Crippen LogP contribution in [0.25, 0.3) is 43.5 Å². The van der Waals surface area contributed by atoms with E-state index < -0.39 is 11.9 Å². The number of esters is 2. The van der Waals surface area contributed by atoms with E-state index in [4.69, 9.17) is 23.0 Å². The van der Waals surface area contributed by atoms with Crippen LogP contribution in [0.5, 0.6) is 23.0 Å². The lowest BCUT2D eigenvalue weighted by Crippen LogP contribution is -2.10. The largest absolute Gasteiger partial charge is 0.507 e. The van der Waals surface area contributed by atoms with Crippen molar-refractivity contribution in [3.8, 4) is 23.0 Å². The fourth-order valence-electron chi connectivity index (χ4n) is 6.56. The highest BCUT2D eigenvalue weighted by molar-refractivity contribution is 5.90. The molecule has 312 valence electrons. The van der Waals surface area contributed by atoms with Crippen molar-refractivity contribution in [3.05, 3.63) is 164 Å². The van der Waals surface area contributed by atoms with Crippen LogP contribution in [0.4, 0.5) is 0 Å². The number of carbonyl (C=O) groups excluding carboxylic acids is 2. The molecule has 2 heterocycles. The fraction of sp³-hybridized carbons (Fsp3) is 0.200. The lowest BCUT2D eigenvalue weighted by atomic mass is 10.1. The Labute approximate surface area is 351 Å². The van der Waals surface area contributed by atoms with Gasteiger partial charge in [-0.2, -0.15) is 0 Å². The van der Waals surface area contributed by atoms with Crippen molar-refractivity contribution in [2.45, 2.75) is 66.6 Å². The maximum Gasteiger partial charge on any atom is 0.308 e. The predicted octanol–water partition coefficient (Wildman–Crippen LogP) is 10.5. The number of fused-ring (bicyclic) bond motifs is 4.